The predicted molar refractivity (Wildman–Crippen MR) is 75.4 cm³/mol. The molecule has 2 N–H and O–H groups in total. The molecule has 1 aromatic rings. The van der Waals surface area contributed by atoms with E-state index in [0.717, 1.165) is 11.6 Å². The second-order valence-corrected chi connectivity index (χ2v) is 5.52. The number of nitrogens with zero attached hydrogens (tertiary/aromatic N) is 1. The minimum Gasteiger partial charge on any atom is -0.398 e. The fraction of sp³-hybridized carbons (Fsp3) is 0.600. The lowest BCUT2D eigenvalue weighted by Gasteiger charge is -2.36. The van der Waals surface area contributed by atoms with E-state index in [1.54, 1.807) is 0 Å². The molecule has 0 atom stereocenters. The molecule has 1 fully saturated rings. The zero-order chi connectivity index (χ0) is 12.4. The van der Waals surface area contributed by atoms with E-state index < -0.39 is 0 Å². The smallest absolute Gasteiger partial charge is 0.0416 e. The Balaban J connectivity index is 2.14. The summed E-state index contributed by atoms with van der Waals surface area (Å²) in [5, 5.41) is 0. The van der Waals surface area contributed by atoms with E-state index in [1.807, 2.05) is 6.07 Å². The third-order valence-corrected chi connectivity index (χ3v) is 4.26. The van der Waals surface area contributed by atoms with Crippen LogP contribution in [0.5, 0.6) is 0 Å². The third-order valence-electron chi connectivity index (χ3n) is 4.26. The van der Waals surface area contributed by atoms with Crippen molar-refractivity contribution in [2.45, 2.75) is 45.6 Å². The van der Waals surface area contributed by atoms with Gasteiger partial charge < -0.3 is 10.6 Å². The zero-order valence-corrected chi connectivity index (χ0v) is 11.2. The fourth-order valence-corrected chi connectivity index (χ4v) is 2.85. The molecule has 0 radical (unpaired) electrons. The molecule has 2 rings (SSSR count). The molecule has 1 aromatic carbocycles. The minimum absolute atomic E-state index is 0.687. The van der Waals surface area contributed by atoms with Gasteiger partial charge in [0.15, 0.2) is 0 Å². The van der Waals surface area contributed by atoms with Crippen molar-refractivity contribution in [1.29, 1.82) is 0 Å². The van der Waals surface area contributed by atoms with Crippen molar-refractivity contribution < 1.29 is 0 Å². The molecule has 0 heterocycles. The van der Waals surface area contributed by atoms with Crippen LogP contribution < -0.4 is 10.6 Å². The molecule has 0 bridgehead atoms. The Hall–Kier alpha value is -1.18. The molecule has 94 valence electrons. The summed E-state index contributed by atoms with van der Waals surface area (Å²) in [5.74, 6) is 0.904. The highest BCUT2D eigenvalue weighted by Crippen LogP contribution is 2.32. The van der Waals surface area contributed by atoms with Crippen molar-refractivity contribution in [3.8, 4) is 0 Å². The molecule has 2 nitrogen and oxygen atoms in total. The number of benzene rings is 1. The maximum Gasteiger partial charge on any atom is 0.0416 e. The molecule has 1 aliphatic rings. The Bertz CT molecular complexity index is 379. The van der Waals surface area contributed by atoms with Crippen LogP contribution in [0, 0.1) is 12.8 Å². The highest BCUT2D eigenvalue weighted by Gasteiger charge is 2.22. The van der Waals surface area contributed by atoms with Gasteiger partial charge in [-0.25, -0.2) is 0 Å². The Labute approximate surface area is 105 Å². The van der Waals surface area contributed by atoms with Gasteiger partial charge in [-0.1, -0.05) is 13.0 Å². The lowest BCUT2D eigenvalue weighted by atomic mass is 9.86. The summed E-state index contributed by atoms with van der Waals surface area (Å²) in [6.07, 6.45) is 5.34. The van der Waals surface area contributed by atoms with Gasteiger partial charge in [-0.3, -0.25) is 0 Å². The maximum absolute atomic E-state index is 5.98. The van der Waals surface area contributed by atoms with Gasteiger partial charge in [-0.15, -0.1) is 0 Å². The first-order valence-corrected chi connectivity index (χ1v) is 6.67. The summed E-state index contributed by atoms with van der Waals surface area (Å²) in [6, 6.07) is 6.91. The van der Waals surface area contributed by atoms with E-state index >= 15 is 0 Å². The summed E-state index contributed by atoms with van der Waals surface area (Å²) in [6.45, 7) is 4.48. The predicted octanol–water partition coefficient (Wildman–Crippen LogP) is 3.59. The van der Waals surface area contributed by atoms with E-state index in [1.165, 1.54) is 36.9 Å². The average molecular weight is 232 g/mol. The molecule has 17 heavy (non-hydrogen) atoms. The Morgan fingerprint density at radius 3 is 2.47 bits per heavy atom. The molecular formula is C15H24N2. The van der Waals surface area contributed by atoms with Gasteiger partial charge in [0.1, 0.15) is 0 Å². The van der Waals surface area contributed by atoms with Crippen LogP contribution in [0.25, 0.3) is 0 Å². The third kappa shape index (κ3) is 2.56. The van der Waals surface area contributed by atoms with E-state index in [-0.39, 0.29) is 0 Å². The highest BCUT2D eigenvalue weighted by atomic mass is 15.1. The summed E-state index contributed by atoms with van der Waals surface area (Å²) in [5.41, 5.74) is 9.40. The monoisotopic (exact) mass is 232 g/mol. The van der Waals surface area contributed by atoms with Gasteiger partial charge in [0.25, 0.3) is 0 Å². The van der Waals surface area contributed by atoms with Crippen molar-refractivity contribution in [3.05, 3.63) is 23.8 Å². The molecule has 0 spiro atoms. The molecule has 2 heteroatoms. The summed E-state index contributed by atoms with van der Waals surface area (Å²) < 4.78 is 0. The first kappa shape index (κ1) is 12.3. The number of anilines is 2. The molecule has 0 saturated heterocycles. The SMILES string of the molecule is Cc1c(N)cccc1N(C)C1CCC(C)CC1. The van der Waals surface area contributed by atoms with Crippen LogP contribution in [-0.4, -0.2) is 13.1 Å². The topological polar surface area (TPSA) is 29.3 Å². The van der Waals surface area contributed by atoms with Gasteiger partial charge >= 0.3 is 0 Å². The van der Waals surface area contributed by atoms with Crippen molar-refractivity contribution in [1.82, 2.24) is 0 Å². The van der Waals surface area contributed by atoms with Crippen molar-refractivity contribution in [3.63, 3.8) is 0 Å². The first-order chi connectivity index (χ1) is 8.09. The number of hydrogen-bond acceptors (Lipinski definition) is 2. The molecule has 0 aromatic heterocycles. The second-order valence-electron chi connectivity index (χ2n) is 5.52. The lowest BCUT2D eigenvalue weighted by molar-refractivity contribution is 0.340. The Morgan fingerprint density at radius 1 is 1.18 bits per heavy atom. The number of nitrogens with two attached hydrogens (primary N) is 1. The van der Waals surface area contributed by atoms with Crippen LogP contribution in [0.4, 0.5) is 11.4 Å². The van der Waals surface area contributed by atoms with Crippen LogP contribution >= 0.6 is 0 Å². The lowest BCUT2D eigenvalue weighted by Crippen LogP contribution is -2.35. The van der Waals surface area contributed by atoms with Gasteiger partial charge in [-0.05, 0) is 56.2 Å². The summed E-state index contributed by atoms with van der Waals surface area (Å²) in [7, 11) is 2.21. The first-order valence-electron chi connectivity index (χ1n) is 6.67. The molecule has 1 aliphatic carbocycles. The van der Waals surface area contributed by atoms with Crippen molar-refractivity contribution >= 4 is 11.4 Å². The fourth-order valence-electron chi connectivity index (χ4n) is 2.85. The van der Waals surface area contributed by atoms with Gasteiger partial charge in [-0.2, -0.15) is 0 Å². The number of rotatable bonds is 2. The van der Waals surface area contributed by atoms with Gasteiger partial charge in [0.05, 0.1) is 0 Å². The van der Waals surface area contributed by atoms with E-state index in [2.05, 4.69) is 37.9 Å². The quantitative estimate of drug-likeness (QED) is 0.790. The largest absolute Gasteiger partial charge is 0.398 e. The van der Waals surface area contributed by atoms with Gasteiger partial charge in [0, 0.05) is 24.5 Å². The van der Waals surface area contributed by atoms with E-state index in [9.17, 15) is 0 Å². The van der Waals surface area contributed by atoms with E-state index in [4.69, 9.17) is 5.73 Å². The van der Waals surface area contributed by atoms with Crippen LogP contribution in [0.1, 0.15) is 38.2 Å². The van der Waals surface area contributed by atoms with E-state index in [0.29, 0.717) is 6.04 Å². The van der Waals surface area contributed by atoms with Crippen LogP contribution in [0.15, 0.2) is 18.2 Å². The van der Waals surface area contributed by atoms with Gasteiger partial charge in [0.2, 0.25) is 0 Å². The minimum atomic E-state index is 0.687. The zero-order valence-electron chi connectivity index (χ0n) is 11.2. The molecule has 0 unspecified atom stereocenters. The summed E-state index contributed by atoms with van der Waals surface area (Å²) in [4.78, 5) is 2.43. The Morgan fingerprint density at radius 2 is 1.82 bits per heavy atom. The average Bonchev–Trinajstić information content (AvgIpc) is 2.33. The second kappa shape index (κ2) is 4.99. The van der Waals surface area contributed by atoms with Crippen LogP contribution in [-0.2, 0) is 0 Å². The normalized spacial score (nSPS) is 24.6. The maximum atomic E-state index is 5.98. The van der Waals surface area contributed by atoms with Crippen molar-refractivity contribution in [2.24, 2.45) is 5.92 Å². The van der Waals surface area contributed by atoms with Crippen molar-refractivity contribution in [2.75, 3.05) is 17.7 Å². The highest BCUT2D eigenvalue weighted by molar-refractivity contribution is 5.64. The number of nitrogen functional groups attached to an aromatic ring is 1. The summed E-state index contributed by atoms with van der Waals surface area (Å²) >= 11 is 0. The molecule has 0 amide bonds. The molecular weight excluding hydrogens is 208 g/mol. The van der Waals surface area contributed by atoms with Crippen LogP contribution in [0.3, 0.4) is 0 Å². The van der Waals surface area contributed by atoms with Crippen LogP contribution in [0.2, 0.25) is 0 Å². The Kier molecular flexibility index (Phi) is 3.60. The standard InChI is InChI=1S/C15H24N2/c1-11-7-9-13(10-8-11)17(3)15-6-4-5-14(16)12(15)2/h4-6,11,13H,7-10,16H2,1-3H3. The molecule has 1 saturated carbocycles. The number of hydrogen-bond donors (Lipinski definition) is 1. The molecule has 0 aliphatic heterocycles.